The van der Waals surface area contributed by atoms with Gasteiger partial charge in [-0.05, 0) is 37.5 Å². The fourth-order valence-electron chi connectivity index (χ4n) is 2.88. The Labute approximate surface area is 189 Å². The number of nitrogens with zero attached hydrogens (tertiary/aromatic N) is 2. The molecule has 2 heterocycles. The lowest BCUT2D eigenvalue weighted by Gasteiger charge is -2.14. The van der Waals surface area contributed by atoms with Crippen LogP contribution in [0.1, 0.15) is 25.3 Å². The predicted octanol–water partition coefficient (Wildman–Crippen LogP) is 3.73. The summed E-state index contributed by atoms with van der Waals surface area (Å²) in [5.74, 6) is 2.75. The number of aliphatic imine (C=N–C) groups is 1. The fraction of sp³-hybridized carbons (Fsp3) is 0.429. The lowest BCUT2D eigenvalue weighted by atomic mass is 10.2. The number of methoxy groups -OCH3 is 1. The molecule has 1 aromatic heterocycles. The van der Waals surface area contributed by atoms with Gasteiger partial charge in [0.2, 0.25) is 5.88 Å². The van der Waals surface area contributed by atoms with Gasteiger partial charge < -0.3 is 24.8 Å². The number of aromatic nitrogens is 1. The minimum Gasteiger partial charge on any atom is -0.497 e. The average Bonchev–Trinajstić information content (AvgIpc) is 3.25. The van der Waals surface area contributed by atoms with Crippen LogP contribution in [-0.4, -0.2) is 43.9 Å². The molecule has 8 heteroatoms. The molecule has 29 heavy (non-hydrogen) atoms. The highest BCUT2D eigenvalue weighted by Gasteiger charge is 2.15. The van der Waals surface area contributed by atoms with Crippen molar-refractivity contribution in [1.82, 2.24) is 15.6 Å². The highest BCUT2D eigenvalue weighted by atomic mass is 127. The molecular weight excluding hydrogens is 483 g/mol. The van der Waals surface area contributed by atoms with Crippen molar-refractivity contribution in [1.29, 1.82) is 0 Å². The van der Waals surface area contributed by atoms with Crippen LogP contribution in [0.4, 0.5) is 0 Å². The van der Waals surface area contributed by atoms with Gasteiger partial charge in [-0.1, -0.05) is 12.1 Å². The van der Waals surface area contributed by atoms with Gasteiger partial charge >= 0.3 is 0 Å². The van der Waals surface area contributed by atoms with Crippen LogP contribution < -0.4 is 20.1 Å². The number of guanidine groups is 1. The average molecular weight is 512 g/mol. The number of benzene rings is 1. The van der Waals surface area contributed by atoms with E-state index in [2.05, 4.69) is 27.5 Å². The Balaban J connectivity index is 0.00000300. The van der Waals surface area contributed by atoms with E-state index in [9.17, 15) is 0 Å². The summed E-state index contributed by atoms with van der Waals surface area (Å²) < 4.78 is 16.6. The molecule has 1 aromatic carbocycles. The third-order valence-corrected chi connectivity index (χ3v) is 4.35. The molecule has 0 bridgehead atoms. The summed E-state index contributed by atoms with van der Waals surface area (Å²) in [6, 6.07) is 11.2. The van der Waals surface area contributed by atoms with Gasteiger partial charge in [-0.3, -0.25) is 0 Å². The fourth-order valence-corrected chi connectivity index (χ4v) is 2.88. The van der Waals surface area contributed by atoms with Crippen LogP contribution >= 0.6 is 24.0 Å². The SMILES string of the molecule is CCNC(=NCc1ccc(Oc2cccc(OC)c2)nc1)NCC1CCCO1.I. The summed E-state index contributed by atoms with van der Waals surface area (Å²) in [6.07, 6.45) is 4.29. The van der Waals surface area contributed by atoms with Crippen LogP contribution in [0, 0.1) is 0 Å². The third kappa shape index (κ3) is 7.69. The summed E-state index contributed by atoms with van der Waals surface area (Å²) in [4.78, 5) is 8.99. The van der Waals surface area contributed by atoms with E-state index < -0.39 is 0 Å². The number of hydrogen-bond acceptors (Lipinski definition) is 5. The largest absolute Gasteiger partial charge is 0.497 e. The second kappa shape index (κ2) is 12.5. The van der Waals surface area contributed by atoms with E-state index in [4.69, 9.17) is 14.2 Å². The first-order valence-electron chi connectivity index (χ1n) is 9.67. The number of hydrogen-bond donors (Lipinski definition) is 2. The minimum atomic E-state index is 0. The molecule has 1 atom stereocenters. The van der Waals surface area contributed by atoms with Crippen LogP contribution in [0.15, 0.2) is 47.6 Å². The minimum absolute atomic E-state index is 0. The Morgan fingerprint density at radius 1 is 1.24 bits per heavy atom. The zero-order valence-corrected chi connectivity index (χ0v) is 19.2. The van der Waals surface area contributed by atoms with Crippen LogP contribution in [0.3, 0.4) is 0 Å². The summed E-state index contributed by atoms with van der Waals surface area (Å²) in [5.41, 5.74) is 1.01. The first kappa shape index (κ1) is 23.2. The zero-order chi connectivity index (χ0) is 19.6. The first-order valence-corrected chi connectivity index (χ1v) is 9.67. The summed E-state index contributed by atoms with van der Waals surface area (Å²) >= 11 is 0. The lowest BCUT2D eigenvalue weighted by Crippen LogP contribution is -2.41. The maximum Gasteiger partial charge on any atom is 0.219 e. The number of nitrogens with one attached hydrogen (secondary N) is 2. The molecule has 2 N–H and O–H groups in total. The Bertz CT molecular complexity index is 765. The van der Waals surface area contributed by atoms with Crippen LogP contribution in [0.5, 0.6) is 17.4 Å². The van der Waals surface area contributed by atoms with Crippen molar-refractivity contribution in [3.63, 3.8) is 0 Å². The molecule has 0 spiro atoms. The van der Waals surface area contributed by atoms with Gasteiger partial charge in [-0.15, -0.1) is 24.0 Å². The summed E-state index contributed by atoms with van der Waals surface area (Å²) in [7, 11) is 1.63. The zero-order valence-electron chi connectivity index (χ0n) is 16.9. The Morgan fingerprint density at radius 2 is 2.10 bits per heavy atom. The van der Waals surface area contributed by atoms with Crippen LogP contribution in [0.2, 0.25) is 0 Å². The lowest BCUT2D eigenvalue weighted by molar-refractivity contribution is 0.114. The Morgan fingerprint density at radius 3 is 2.79 bits per heavy atom. The highest BCUT2D eigenvalue weighted by molar-refractivity contribution is 14.0. The van der Waals surface area contributed by atoms with E-state index in [-0.39, 0.29) is 30.1 Å². The van der Waals surface area contributed by atoms with Crippen molar-refractivity contribution >= 4 is 29.9 Å². The molecule has 0 radical (unpaired) electrons. The predicted molar refractivity (Wildman–Crippen MR) is 125 cm³/mol. The number of halogens is 1. The Kier molecular flexibility index (Phi) is 9.99. The van der Waals surface area contributed by atoms with E-state index in [0.717, 1.165) is 49.8 Å². The van der Waals surface area contributed by atoms with Crippen molar-refractivity contribution in [3.8, 4) is 17.4 Å². The normalized spacial score (nSPS) is 16.1. The molecule has 2 aromatic rings. The van der Waals surface area contributed by atoms with E-state index in [1.807, 2.05) is 36.4 Å². The van der Waals surface area contributed by atoms with Gasteiger partial charge in [-0.25, -0.2) is 9.98 Å². The molecule has 158 valence electrons. The van der Waals surface area contributed by atoms with Gasteiger partial charge in [-0.2, -0.15) is 0 Å². The first-order chi connectivity index (χ1) is 13.8. The molecule has 0 saturated carbocycles. The van der Waals surface area contributed by atoms with Crippen molar-refractivity contribution in [2.75, 3.05) is 26.8 Å². The van der Waals surface area contributed by atoms with Crippen molar-refractivity contribution in [2.24, 2.45) is 4.99 Å². The van der Waals surface area contributed by atoms with Crippen molar-refractivity contribution in [3.05, 3.63) is 48.2 Å². The number of pyridine rings is 1. The van der Waals surface area contributed by atoms with Crippen molar-refractivity contribution in [2.45, 2.75) is 32.4 Å². The van der Waals surface area contributed by atoms with Crippen molar-refractivity contribution < 1.29 is 14.2 Å². The quantitative estimate of drug-likeness (QED) is 0.319. The second-order valence-electron chi connectivity index (χ2n) is 6.50. The highest BCUT2D eigenvalue weighted by Crippen LogP contribution is 2.23. The molecule has 1 saturated heterocycles. The van der Waals surface area contributed by atoms with E-state index in [0.29, 0.717) is 18.2 Å². The number of rotatable bonds is 8. The smallest absolute Gasteiger partial charge is 0.219 e. The van der Waals surface area contributed by atoms with Crippen LogP contribution in [0.25, 0.3) is 0 Å². The van der Waals surface area contributed by atoms with Gasteiger partial charge in [0.05, 0.1) is 19.8 Å². The maximum absolute atomic E-state index is 5.77. The molecular formula is C21H29IN4O3. The molecule has 1 aliphatic rings. The second-order valence-corrected chi connectivity index (χ2v) is 6.50. The van der Waals surface area contributed by atoms with E-state index in [1.54, 1.807) is 13.3 Å². The van der Waals surface area contributed by atoms with E-state index in [1.165, 1.54) is 0 Å². The van der Waals surface area contributed by atoms with Gasteiger partial charge in [0.25, 0.3) is 0 Å². The van der Waals surface area contributed by atoms with E-state index >= 15 is 0 Å². The standard InChI is InChI=1S/C21H28N4O3.HI/c1-3-22-21(25-15-19-8-5-11-27-19)24-14-16-9-10-20(23-13-16)28-18-7-4-6-17(12-18)26-2;/h4,6-7,9-10,12-13,19H,3,5,8,11,14-15H2,1-2H3,(H2,22,24,25);1H. The molecule has 1 fully saturated rings. The molecule has 7 nitrogen and oxygen atoms in total. The Hall–Kier alpha value is -2.07. The monoisotopic (exact) mass is 512 g/mol. The van der Waals surface area contributed by atoms with Crippen LogP contribution in [-0.2, 0) is 11.3 Å². The molecule has 0 amide bonds. The molecule has 1 aliphatic heterocycles. The van der Waals surface area contributed by atoms with Gasteiger partial charge in [0.1, 0.15) is 11.5 Å². The molecule has 0 aliphatic carbocycles. The van der Waals surface area contributed by atoms with Gasteiger partial charge in [0.15, 0.2) is 5.96 Å². The summed E-state index contributed by atoms with van der Waals surface area (Å²) in [5, 5.41) is 6.60. The number of ether oxygens (including phenoxy) is 3. The summed E-state index contributed by atoms with van der Waals surface area (Å²) in [6.45, 7) is 5.03. The third-order valence-electron chi connectivity index (χ3n) is 4.35. The molecule has 3 rings (SSSR count). The topological polar surface area (TPSA) is 77.0 Å². The maximum atomic E-state index is 5.77. The van der Waals surface area contributed by atoms with Gasteiger partial charge in [0, 0.05) is 38.0 Å². The molecule has 1 unspecified atom stereocenters.